The Kier molecular flexibility index (Phi) is 6.63. The van der Waals surface area contributed by atoms with E-state index < -0.39 is 5.60 Å². The Morgan fingerprint density at radius 3 is 1.91 bits per heavy atom. The van der Waals surface area contributed by atoms with Gasteiger partial charge in [0.05, 0.1) is 0 Å². The standard InChI is InChI=1S/C18H27NOS2/c1-4-8-19(9-5-2)15(3)12-18(20,16-6-10-21-13-16)17-7-11-22-14-17/h6-7,10-11,13-15,20H,4-5,8-9,12H2,1-3H3. The maximum atomic E-state index is 11.5. The van der Waals surface area contributed by atoms with Crippen LogP contribution >= 0.6 is 22.7 Å². The zero-order valence-corrected chi connectivity index (χ0v) is 15.4. The normalized spacial score (nSPS) is 13.7. The van der Waals surface area contributed by atoms with Crippen LogP contribution in [0.2, 0.25) is 0 Å². The van der Waals surface area contributed by atoms with Gasteiger partial charge in [0, 0.05) is 6.04 Å². The van der Waals surface area contributed by atoms with E-state index in [1.54, 1.807) is 22.7 Å². The van der Waals surface area contributed by atoms with Gasteiger partial charge in [0.15, 0.2) is 0 Å². The Bertz CT molecular complexity index is 481. The molecule has 2 rings (SSSR count). The third-order valence-electron chi connectivity index (χ3n) is 4.23. The molecule has 22 heavy (non-hydrogen) atoms. The maximum absolute atomic E-state index is 11.5. The van der Waals surface area contributed by atoms with Crippen molar-refractivity contribution in [2.24, 2.45) is 0 Å². The molecule has 1 unspecified atom stereocenters. The molecule has 0 amide bonds. The number of thiophene rings is 2. The summed E-state index contributed by atoms with van der Waals surface area (Å²) in [6.45, 7) is 8.88. The Morgan fingerprint density at radius 1 is 1.05 bits per heavy atom. The van der Waals surface area contributed by atoms with Crippen molar-refractivity contribution in [2.45, 2.75) is 51.7 Å². The molecule has 0 aliphatic rings. The van der Waals surface area contributed by atoms with Gasteiger partial charge in [0.25, 0.3) is 0 Å². The Labute approximate surface area is 142 Å². The maximum Gasteiger partial charge on any atom is 0.118 e. The summed E-state index contributed by atoms with van der Waals surface area (Å²) in [5.74, 6) is 0. The van der Waals surface area contributed by atoms with Gasteiger partial charge in [-0.05, 0) is 84.1 Å². The molecule has 1 N–H and O–H groups in total. The molecule has 2 aromatic heterocycles. The number of aliphatic hydroxyl groups is 1. The van der Waals surface area contributed by atoms with Gasteiger partial charge >= 0.3 is 0 Å². The van der Waals surface area contributed by atoms with E-state index in [0.717, 1.165) is 43.5 Å². The molecule has 2 heterocycles. The second-order valence-corrected chi connectivity index (χ2v) is 7.53. The van der Waals surface area contributed by atoms with E-state index in [1.807, 2.05) is 10.8 Å². The zero-order chi connectivity index (χ0) is 16.0. The largest absolute Gasteiger partial charge is 0.380 e. The quantitative estimate of drug-likeness (QED) is 0.700. The summed E-state index contributed by atoms with van der Waals surface area (Å²) < 4.78 is 0. The van der Waals surface area contributed by atoms with Gasteiger partial charge in [-0.15, -0.1) is 0 Å². The lowest BCUT2D eigenvalue weighted by atomic mass is 9.84. The molecule has 1 atom stereocenters. The molecule has 0 spiro atoms. The highest BCUT2D eigenvalue weighted by Gasteiger charge is 2.35. The Morgan fingerprint density at radius 2 is 1.55 bits per heavy atom. The van der Waals surface area contributed by atoms with Gasteiger partial charge in [-0.3, -0.25) is 0 Å². The van der Waals surface area contributed by atoms with E-state index in [-0.39, 0.29) is 0 Å². The molecule has 0 fully saturated rings. The summed E-state index contributed by atoms with van der Waals surface area (Å²) in [6.07, 6.45) is 3.04. The molecule has 0 aromatic carbocycles. The fourth-order valence-electron chi connectivity index (χ4n) is 3.09. The topological polar surface area (TPSA) is 23.5 Å². The molecule has 2 nitrogen and oxygen atoms in total. The fraction of sp³-hybridized carbons (Fsp3) is 0.556. The summed E-state index contributed by atoms with van der Waals surface area (Å²) in [6, 6.07) is 4.46. The third-order valence-corrected chi connectivity index (χ3v) is 5.60. The van der Waals surface area contributed by atoms with E-state index in [2.05, 4.69) is 48.6 Å². The van der Waals surface area contributed by atoms with Crippen molar-refractivity contribution in [3.63, 3.8) is 0 Å². The first-order valence-electron chi connectivity index (χ1n) is 8.13. The molecule has 2 aromatic rings. The average molecular weight is 338 g/mol. The minimum atomic E-state index is -0.876. The van der Waals surface area contributed by atoms with Crippen LogP contribution in [0, 0.1) is 0 Å². The molecular weight excluding hydrogens is 310 g/mol. The van der Waals surface area contributed by atoms with Crippen molar-refractivity contribution in [3.8, 4) is 0 Å². The van der Waals surface area contributed by atoms with Crippen molar-refractivity contribution in [1.82, 2.24) is 4.90 Å². The van der Waals surface area contributed by atoms with Crippen molar-refractivity contribution in [2.75, 3.05) is 13.1 Å². The number of hydrogen-bond donors (Lipinski definition) is 1. The van der Waals surface area contributed by atoms with Gasteiger partial charge in [-0.2, -0.15) is 22.7 Å². The minimum absolute atomic E-state index is 0.352. The number of nitrogens with zero attached hydrogens (tertiary/aromatic N) is 1. The first-order chi connectivity index (χ1) is 10.6. The molecule has 122 valence electrons. The van der Waals surface area contributed by atoms with Gasteiger partial charge in [0.1, 0.15) is 5.60 Å². The van der Waals surface area contributed by atoms with Crippen LogP contribution in [-0.4, -0.2) is 29.1 Å². The lowest BCUT2D eigenvalue weighted by Crippen LogP contribution is -2.41. The molecule has 0 saturated carbocycles. The van der Waals surface area contributed by atoms with Gasteiger partial charge in [-0.1, -0.05) is 13.8 Å². The van der Waals surface area contributed by atoms with Gasteiger partial charge < -0.3 is 10.0 Å². The monoisotopic (exact) mass is 337 g/mol. The molecule has 0 aliphatic heterocycles. The highest BCUT2D eigenvalue weighted by molar-refractivity contribution is 7.08. The molecule has 0 saturated heterocycles. The SMILES string of the molecule is CCCN(CCC)C(C)CC(O)(c1ccsc1)c1ccsc1. The number of rotatable bonds is 9. The van der Waals surface area contributed by atoms with Crippen LogP contribution in [0.15, 0.2) is 33.7 Å². The van der Waals surface area contributed by atoms with Crippen LogP contribution in [-0.2, 0) is 5.60 Å². The predicted octanol–water partition coefficient (Wildman–Crippen LogP) is 4.95. The summed E-state index contributed by atoms with van der Waals surface area (Å²) in [5.41, 5.74) is 1.17. The Hall–Kier alpha value is -0.680. The van der Waals surface area contributed by atoms with Crippen molar-refractivity contribution < 1.29 is 5.11 Å². The van der Waals surface area contributed by atoms with Crippen LogP contribution < -0.4 is 0 Å². The summed E-state index contributed by atoms with van der Waals surface area (Å²) in [5, 5.41) is 19.7. The summed E-state index contributed by atoms with van der Waals surface area (Å²) >= 11 is 3.30. The molecular formula is C18H27NOS2. The van der Waals surface area contributed by atoms with Crippen molar-refractivity contribution >= 4 is 22.7 Å². The van der Waals surface area contributed by atoms with Crippen LogP contribution in [0.25, 0.3) is 0 Å². The van der Waals surface area contributed by atoms with Crippen LogP contribution in [0.5, 0.6) is 0 Å². The summed E-state index contributed by atoms with van der Waals surface area (Å²) in [7, 11) is 0. The lowest BCUT2D eigenvalue weighted by molar-refractivity contribution is 0.0372. The molecule has 4 heteroatoms. The van der Waals surface area contributed by atoms with Crippen LogP contribution in [0.3, 0.4) is 0 Å². The van der Waals surface area contributed by atoms with Gasteiger partial charge in [0.2, 0.25) is 0 Å². The zero-order valence-electron chi connectivity index (χ0n) is 13.8. The van der Waals surface area contributed by atoms with E-state index in [1.165, 1.54) is 0 Å². The third kappa shape index (κ3) is 3.99. The second kappa shape index (κ2) is 8.25. The van der Waals surface area contributed by atoms with E-state index >= 15 is 0 Å². The van der Waals surface area contributed by atoms with E-state index in [4.69, 9.17) is 0 Å². The number of hydrogen-bond acceptors (Lipinski definition) is 4. The predicted molar refractivity (Wildman–Crippen MR) is 97.9 cm³/mol. The Balaban J connectivity index is 2.24. The first kappa shape index (κ1) is 17.7. The van der Waals surface area contributed by atoms with Crippen molar-refractivity contribution in [3.05, 3.63) is 44.8 Å². The molecule has 0 radical (unpaired) electrons. The van der Waals surface area contributed by atoms with E-state index in [9.17, 15) is 5.11 Å². The van der Waals surface area contributed by atoms with Gasteiger partial charge in [-0.25, -0.2) is 0 Å². The summed E-state index contributed by atoms with van der Waals surface area (Å²) in [4.78, 5) is 2.50. The lowest BCUT2D eigenvalue weighted by Gasteiger charge is -2.36. The minimum Gasteiger partial charge on any atom is -0.380 e. The van der Waals surface area contributed by atoms with Crippen LogP contribution in [0.1, 0.15) is 51.2 Å². The molecule has 0 aliphatic carbocycles. The highest BCUT2D eigenvalue weighted by atomic mass is 32.1. The van der Waals surface area contributed by atoms with E-state index in [0.29, 0.717) is 6.04 Å². The van der Waals surface area contributed by atoms with Crippen molar-refractivity contribution in [1.29, 1.82) is 0 Å². The highest BCUT2D eigenvalue weighted by Crippen LogP contribution is 2.37. The van der Waals surface area contributed by atoms with Crippen LogP contribution in [0.4, 0.5) is 0 Å². The second-order valence-electron chi connectivity index (χ2n) is 5.97. The smallest absolute Gasteiger partial charge is 0.118 e. The molecule has 0 bridgehead atoms. The first-order valence-corrected chi connectivity index (χ1v) is 10.0. The fourth-order valence-corrected chi connectivity index (χ4v) is 4.53. The average Bonchev–Trinajstić information content (AvgIpc) is 3.20.